The van der Waals surface area contributed by atoms with Gasteiger partial charge in [0.15, 0.2) is 18.1 Å². The molecule has 4 saturated heterocycles. The average molecular weight is 488 g/mol. The van der Waals surface area contributed by atoms with Crippen LogP contribution in [0.3, 0.4) is 0 Å². The van der Waals surface area contributed by atoms with Gasteiger partial charge < -0.3 is 48.3 Å². The van der Waals surface area contributed by atoms with Gasteiger partial charge in [0.2, 0.25) is 5.79 Å². The van der Waals surface area contributed by atoms with Crippen LogP contribution in [0, 0.1) is 5.92 Å². The monoisotopic (exact) mass is 487 g/mol. The van der Waals surface area contributed by atoms with Crippen LogP contribution in [0.5, 0.6) is 0 Å². The molecule has 0 aliphatic carbocycles. The topological polar surface area (TPSA) is 123 Å². The third kappa shape index (κ3) is 4.65. The lowest BCUT2D eigenvalue weighted by Gasteiger charge is -2.53. The molecule has 4 rings (SSSR count). The summed E-state index contributed by atoms with van der Waals surface area (Å²) in [6.07, 6.45) is -5.29. The molecule has 1 unspecified atom stereocenters. The van der Waals surface area contributed by atoms with E-state index in [0.29, 0.717) is 0 Å². The Bertz CT molecular complexity index is 777. The van der Waals surface area contributed by atoms with Crippen LogP contribution in [-0.4, -0.2) is 99.2 Å². The Morgan fingerprint density at radius 1 is 1.18 bits per heavy atom. The highest BCUT2D eigenvalue weighted by Gasteiger charge is 2.57. The maximum Gasteiger partial charge on any atom is 0.256 e. The summed E-state index contributed by atoms with van der Waals surface area (Å²) in [5.74, 6) is -3.00. The van der Waals surface area contributed by atoms with Gasteiger partial charge in [0.25, 0.3) is 5.91 Å². The lowest BCUT2D eigenvalue weighted by molar-refractivity contribution is -0.387. The molecule has 0 bridgehead atoms. The second-order valence-electron chi connectivity index (χ2n) is 9.84. The van der Waals surface area contributed by atoms with Crippen molar-refractivity contribution in [2.45, 2.75) is 94.6 Å². The molecule has 11 heteroatoms. The number of nitrogens with one attached hydrogen (secondary N) is 1. The highest BCUT2D eigenvalue weighted by atomic mass is 16.8. The van der Waals surface area contributed by atoms with Gasteiger partial charge in [0.1, 0.15) is 37.3 Å². The minimum absolute atomic E-state index is 0.0672. The third-order valence-electron chi connectivity index (χ3n) is 7.27. The first kappa shape index (κ1) is 25.9. The van der Waals surface area contributed by atoms with Gasteiger partial charge in [0.05, 0.1) is 12.7 Å². The summed E-state index contributed by atoms with van der Waals surface area (Å²) >= 11 is 0. The standard InChI is InChI=1S/C23H37NO10/c1-11-8-23(28-7,33-13(3)12(11)2)19(25)20(26)24-21-18-17(29-10-30-21)16(27-6)15-14(32-18)9-31-22(4,5)34-15/h12-19,21,25H,1,8-10H2,2-7H3,(H,24,26)/t12-,13-,14-,15?,16+,17-,18+,19-,21+,23-/m1/s1. The predicted octanol–water partition coefficient (Wildman–Crippen LogP) is 0.440. The van der Waals surface area contributed by atoms with E-state index in [1.165, 1.54) is 7.11 Å². The normalized spacial score (nSPS) is 45.1. The first-order valence-corrected chi connectivity index (χ1v) is 11.6. The molecule has 0 aromatic carbocycles. The lowest BCUT2D eigenvalue weighted by Crippen LogP contribution is -2.71. The van der Waals surface area contributed by atoms with Crippen LogP contribution < -0.4 is 5.32 Å². The number of aliphatic hydroxyl groups excluding tert-OH is 1. The zero-order chi connectivity index (χ0) is 24.8. The molecule has 4 aliphatic rings. The SMILES string of the molecule is C=C1C[C@](OC)([C@H](O)C(=O)N[C@H]2OCO[C@H]3[C@@H]2O[C@@H]2COC(C)(C)OC2[C@@H]3OC)O[C@H](C)[C@@H]1C. The molecule has 2 N–H and O–H groups in total. The Balaban J connectivity index is 1.48. The molecule has 10 atom stereocenters. The van der Waals surface area contributed by atoms with E-state index in [4.69, 9.17) is 37.9 Å². The molecule has 4 heterocycles. The van der Waals surface area contributed by atoms with Crippen molar-refractivity contribution in [3.8, 4) is 0 Å². The van der Waals surface area contributed by atoms with Crippen molar-refractivity contribution >= 4 is 5.91 Å². The van der Waals surface area contributed by atoms with Crippen LogP contribution in [0.15, 0.2) is 12.2 Å². The van der Waals surface area contributed by atoms with E-state index in [0.717, 1.165) is 5.57 Å². The van der Waals surface area contributed by atoms with Gasteiger partial charge >= 0.3 is 0 Å². The summed E-state index contributed by atoms with van der Waals surface area (Å²) in [5.41, 5.74) is 0.833. The second-order valence-corrected chi connectivity index (χ2v) is 9.84. The quantitative estimate of drug-likeness (QED) is 0.528. The van der Waals surface area contributed by atoms with Crippen LogP contribution >= 0.6 is 0 Å². The number of aliphatic hydroxyl groups is 1. The average Bonchev–Trinajstić information content (AvgIpc) is 2.80. The Labute approximate surface area is 199 Å². The fraction of sp³-hybridized carbons (Fsp3) is 0.870. The van der Waals surface area contributed by atoms with Gasteiger partial charge in [-0.2, -0.15) is 0 Å². The molecule has 1 amide bonds. The zero-order valence-electron chi connectivity index (χ0n) is 20.6. The summed E-state index contributed by atoms with van der Waals surface area (Å²) in [6, 6.07) is 0. The Kier molecular flexibility index (Phi) is 7.41. The fourth-order valence-corrected chi connectivity index (χ4v) is 5.05. The van der Waals surface area contributed by atoms with Gasteiger partial charge in [0, 0.05) is 26.6 Å². The molecule has 194 valence electrons. The highest BCUT2D eigenvalue weighted by Crippen LogP contribution is 2.39. The van der Waals surface area contributed by atoms with E-state index < -0.39 is 60.3 Å². The molecule has 34 heavy (non-hydrogen) atoms. The highest BCUT2D eigenvalue weighted by molar-refractivity contribution is 5.82. The van der Waals surface area contributed by atoms with E-state index in [1.807, 2.05) is 27.7 Å². The van der Waals surface area contributed by atoms with Crippen LogP contribution in [0.25, 0.3) is 0 Å². The molecule has 0 radical (unpaired) electrons. The lowest BCUT2D eigenvalue weighted by atomic mass is 9.85. The maximum atomic E-state index is 13.2. The Morgan fingerprint density at radius 2 is 1.91 bits per heavy atom. The molecule has 0 aromatic rings. The molecule has 4 fully saturated rings. The largest absolute Gasteiger partial charge is 0.378 e. The van der Waals surface area contributed by atoms with E-state index in [-0.39, 0.29) is 31.8 Å². The molecule has 4 aliphatic heterocycles. The minimum Gasteiger partial charge on any atom is -0.378 e. The number of carbonyl (C=O) groups excluding carboxylic acids is 1. The van der Waals surface area contributed by atoms with Gasteiger partial charge in [-0.3, -0.25) is 4.79 Å². The molecular formula is C23H37NO10. The predicted molar refractivity (Wildman–Crippen MR) is 116 cm³/mol. The molecule has 0 saturated carbocycles. The van der Waals surface area contributed by atoms with Crippen molar-refractivity contribution in [3.05, 3.63) is 12.2 Å². The summed E-state index contributed by atoms with van der Waals surface area (Å²) in [5, 5.41) is 13.7. The first-order chi connectivity index (χ1) is 16.0. The molecule has 11 nitrogen and oxygen atoms in total. The van der Waals surface area contributed by atoms with Crippen molar-refractivity contribution in [3.63, 3.8) is 0 Å². The Hall–Kier alpha value is -1.15. The van der Waals surface area contributed by atoms with Gasteiger partial charge in [-0.15, -0.1) is 0 Å². The van der Waals surface area contributed by atoms with Gasteiger partial charge in [-0.1, -0.05) is 19.1 Å². The van der Waals surface area contributed by atoms with E-state index in [2.05, 4.69) is 11.9 Å². The van der Waals surface area contributed by atoms with Crippen LogP contribution in [-0.2, 0) is 42.7 Å². The van der Waals surface area contributed by atoms with Crippen molar-refractivity contribution in [1.29, 1.82) is 0 Å². The van der Waals surface area contributed by atoms with Crippen LogP contribution in [0.2, 0.25) is 0 Å². The number of hydrogen-bond acceptors (Lipinski definition) is 10. The number of fused-ring (bicyclic) bond motifs is 2. The number of carbonyl (C=O) groups is 1. The van der Waals surface area contributed by atoms with E-state index in [1.54, 1.807) is 7.11 Å². The summed E-state index contributed by atoms with van der Waals surface area (Å²) in [4.78, 5) is 13.2. The van der Waals surface area contributed by atoms with Crippen molar-refractivity contribution < 1.29 is 47.8 Å². The number of ether oxygens (including phenoxy) is 8. The smallest absolute Gasteiger partial charge is 0.256 e. The van der Waals surface area contributed by atoms with Crippen LogP contribution in [0.1, 0.15) is 34.1 Å². The molecule has 0 aromatic heterocycles. The number of hydrogen-bond donors (Lipinski definition) is 2. The summed E-state index contributed by atoms with van der Waals surface area (Å²) < 4.78 is 46.7. The van der Waals surface area contributed by atoms with Gasteiger partial charge in [-0.25, -0.2) is 0 Å². The van der Waals surface area contributed by atoms with Gasteiger partial charge in [-0.05, 0) is 20.8 Å². The number of amides is 1. The number of methoxy groups -OCH3 is 2. The van der Waals surface area contributed by atoms with Crippen LogP contribution in [0.4, 0.5) is 0 Å². The number of rotatable bonds is 5. The third-order valence-corrected chi connectivity index (χ3v) is 7.27. The minimum atomic E-state index is -1.63. The summed E-state index contributed by atoms with van der Waals surface area (Å²) in [7, 11) is 2.97. The van der Waals surface area contributed by atoms with Crippen molar-refractivity contribution in [1.82, 2.24) is 5.32 Å². The second kappa shape index (κ2) is 9.72. The maximum absolute atomic E-state index is 13.2. The van der Waals surface area contributed by atoms with Crippen molar-refractivity contribution in [2.75, 3.05) is 27.6 Å². The van der Waals surface area contributed by atoms with E-state index >= 15 is 0 Å². The fourth-order valence-electron chi connectivity index (χ4n) is 5.05. The van der Waals surface area contributed by atoms with Crippen molar-refractivity contribution in [2.24, 2.45) is 5.92 Å². The molecule has 0 spiro atoms. The first-order valence-electron chi connectivity index (χ1n) is 11.6. The Morgan fingerprint density at radius 3 is 2.56 bits per heavy atom. The van der Waals surface area contributed by atoms with E-state index in [9.17, 15) is 9.90 Å². The summed E-state index contributed by atoms with van der Waals surface area (Å²) in [6.45, 7) is 11.7. The zero-order valence-corrected chi connectivity index (χ0v) is 20.6. The molecular weight excluding hydrogens is 450 g/mol.